The molecule has 19 heavy (non-hydrogen) atoms. The Bertz CT molecular complexity index is 429. The van der Waals surface area contributed by atoms with Crippen LogP contribution in [0, 0.1) is 5.92 Å². The molecule has 0 aromatic heterocycles. The summed E-state index contributed by atoms with van der Waals surface area (Å²) in [7, 11) is 0. The van der Waals surface area contributed by atoms with Gasteiger partial charge in [-0.1, -0.05) is 19.1 Å². The highest BCUT2D eigenvalue weighted by atomic mass is 32.2. The molecule has 0 aliphatic carbocycles. The normalized spacial score (nSPS) is 23.1. The quantitative estimate of drug-likeness (QED) is 0.891. The Kier molecular flexibility index (Phi) is 4.34. The van der Waals surface area contributed by atoms with Crippen LogP contribution >= 0.6 is 11.8 Å². The topological polar surface area (TPSA) is 21.3 Å². The number of thioether (sulfide) groups is 1. The van der Waals surface area contributed by atoms with Crippen LogP contribution in [0.15, 0.2) is 18.2 Å². The van der Waals surface area contributed by atoms with Gasteiger partial charge in [0.15, 0.2) is 0 Å². The van der Waals surface area contributed by atoms with Crippen molar-refractivity contribution in [2.24, 2.45) is 5.92 Å². The van der Waals surface area contributed by atoms with Crippen molar-refractivity contribution in [1.29, 1.82) is 0 Å². The molecule has 2 atom stereocenters. The van der Waals surface area contributed by atoms with Crippen molar-refractivity contribution in [2.75, 3.05) is 24.7 Å². The highest BCUT2D eigenvalue weighted by Gasteiger charge is 2.19. The molecule has 2 heterocycles. The summed E-state index contributed by atoms with van der Waals surface area (Å²) in [5, 5.41) is 3.76. The number of nitrogens with one attached hydrogen (secondary N) is 1. The van der Waals surface area contributed by atoms with Crippen molar-refractivity contribution in [2.45, 2.75) is 32.2 Å². The van der Waals surface area contributed by atoms with Crippen molar-refractivity contribution in [3.8, 4) is 5.75 Å². The van der Waals surface area contributed by atoms with Gasteiger partial charge in [-0.3, -0.25) is 0 Å². The van der Waals surface area contributed by atoms with E-state index >= 15 is 0 Å². The largest absolute Gasteiger partial charge is 0.493 e. The van der Waals surface area contributed by atoms with E-state index in [9.17, 15) is 0 Å². The standard InChI is InChI=1S/C16H23NOS/c1-2-15(17-10-12-6-8-19-11-12)13-3-4-16-14(9-13)5-7-18-16/h3-4,9,12,15,17H,2,5-8,10-11H2,1H3. The van der Waals surface area contributed by atoms with Crippen LogP contribution in [0.4, 0.5) is 0 Å². The van der Waals surface area contributed by atoms with E-state index in [1.54, 1.807) is 0 Å². The van der Waals surface area contributed by atoms with Crippen molar-refractivity contribution in [3.05, 3.63) is 29.3 Å². The number of hydrogen-bond acceptors (Lipinski definition) is 3. The van der Waals surface area contributed by atoms with Crippen LogP contribution in [0.3, 0.4) is 0 Å². The Morgan fingerprint density at radius 1 is 1.47 bits per heavy atom. The first kappa shape index (κ1) is 13.3. The van der Waals surface area contributed by atoms with Gasteiger partial charge in [0, 0.05) is 12.5 Å². The van der Waals surface area contributed by atoms with Gasteiger partial charge in [0.2, 0.25) is 0 Å². The van der Waals surface area contributed by atoms with Crippen LogP contribution in [-0.4, -0.2) is 24.7 Å². The maximum atomic E-state index is 5.58. The van der Waals surface area contributed by atoms with E-state index in [1.165, 1.54) is 35.6 Å². The molecule has 1 aromatic rings. The minimum Gasteiger partial charge on any atom is -0.493 e. The van der Waals surface area contributed by atoms with Gasteiger partial charge >= 0.3 is 0 Å². The van der Waals surface area contributed by atoms with Crippen LogP contribution in [0.1, 0.15) is 36.9 Å². The lowest BCUT2D eigenvalue weighted by Crippen LogP contribution is -2.27. The average molecular weight is 277 g/mol. The maximum absolute atomic E-state index is 5.58. The Morgan fingerprint density at radius 2 is 2.42 bits per heavy atom. The highest BCUT2D eigenvalue weighted by molar-refractivity contribution is 7.99. The minimum absolute atomic E-state index is 0.497. The first-order chi connectivity index (χ1) is 9.36. The molecule has 3 rings (SSSR count). The SMILES string of the molecule is CCC(NCC1CCSC1)c1ccc2c(c1)CCO2. The Morgan fingerprint density at radius 3 is 3.21 bits per heavy atom. The average Bonchev–Trinajstić information content (AvgIpc) is 3.09. The Labute approximate surface area is 120 Å². The van der Waals surface area contributed by atoms with Gasteiger partial charge in [-0.05, 0) is 54.0 Å². The fourth-order valence-corrected chi connectivity index (χ4v) is 4.26. The molecule has 1 N–H and O–H groups in total. The van der Waals surface area contributed by atoms with Crippen LogP contribution in [0.25, 0.3) is 0 Å². The van der Waals surface area contributed by atoms with Gasteiger partial charge in [0.25, 0.3) is 0 Å². The minimum atomic E-state index is 0.497. The molecule has 0 amide bonds. The number of ether oxygens (including phenoxy) is 1. The molecular formula is C16H23NOS. The zero-order valence-electron chi connectivity index (χ0n) is 11.7. The molecule has 2 nitrogen and oxygen atoms in total. The summed E-state index contributed by atoms with van der Waals surface area (Å²) in [6, 6.07) is 7.21. The van der Waals surface area contributed by atoms with Gasteiger partial charge in [-0.2, -0.15) is 11.8 Å². The van der Waals surface area contributed by atoms with Gasteiger partial charge in [-0.15, -0.1) is 0 Å². The third-order valence-electron chi connectivity index (χ3n) is 4.20. The molecule has 2 aliphatic rings. The number of rotatable bonds is 5. The monoisotopic (exact) mass is 277 g/mol. The third-order valence-corrected chi connectivity index (χ3v) is 5.43. The zero-order chi connectivity index (χ0) is 13.1. The molecule has 3 heteroatoms. The smallest absolute Gasteiger partial charge is 0.122 e. The van der Waals surface area contributed by atoms with Crippen molar-refractivity contribution >= 4 is 11.8 Å². The van der Waals surface area contributed by atoms with E-state index in [2.05, 4.69) is 42.2 Å². The van der Waals surface area contributed by atoms with E-state index in [4.69, 9.17) is 4.74 Å². The lowest BCUT2D eigenvalue weighted by molar-refractivity contribution is 0.356. The Hall–Kier alpha value is -0.670. The summed E-state index contributed by atoms with van der Waals surface area (Å²) < 4.78 is 5.58. The van der Waals surface area contributed by atoms with Crippen LogP contribution < -0.4 is 10.1 Å². The number of benzene rings is 1. The summed E-state index contributed by atoms with van der Waals surface area (Å²) in [5.41, 5.74) is 2.81. The van der Waals surface area contributed by atoms with Gasteiger partial charge in [0.05, 0.1) is 6.61 Å². The number of hydrogen-bond donors (Lipinski definition) is 1. The molecule has 2 unspecified atom stereocenters. The first-order valence-electron chi connectivity index (χ1n) is 7.43. The van der Waals surface area contributed by atoms with Crippen LogP contribution in [0.2, 0.25) is 0 Å². The fraction of sp³-hybridized carbons (Fsp3) is 0.625. The molecule has 0 bridgehead atoms. The van der Waals surface area contributed by atoms with Crippen LogP contribution in [0.5, 0.6) is 5.75 Å². The molecule has 1 aromatic carbocycles. The van der Waals surface area contributed by atoms with E-state index < -0.39 is 0 Å². The molecule has 1 saturated heterocycles. The zero-order valence-corrected chi connectivity index (χ0v) is 12.5. The summed E-state index contributed by atoms with van der Waals surface area (Å²) in [6.07, 6.45) is 3.60. The fourth-order valence-electron chi connectivity index (χ4n) is 2.97. The van der Waals surface area contributed by atoms with Crippen molar-refractivity contribution in [1.82, 2.24) is 5.32 Å². The van der Waals surface area contributed by atoms with E-state index in [1.807, 2.05) is 0 Å². The van der Waals surface area contributed by atoms with Gasteiger partial charge in [0.1, 0.15) is 5.75 Å². The predicted molar refractivity (Wildman–Crippen MR) is 82.1 cm³/mol. The van der Waals surface area contributed by atoms with E-state index in [0.29, 0.717) is 6.04 Å². The van der Waals surface area contributed by atoms with Gasteiger partial charge < -0.3 is 10.1 Å². The van der Waals surface area contributed by atoms with Crippen molar-refractivity contribution in [3.63, 3.8) is 0 Å². The molecule has 1 fully saturated rings. The molecule has 104 valence electrons. The number of fused-ring (bicyclic) bond motifs is 1. The predicted octanol–water partition coefficient (Wildman–Crippen LogP) is 3.42. The first-order valence-corrected chi connectivity index (χ1v) is 8.59. The third kappa shape index (κ3) is 3.09. The van der Waals surface area contributed by atoms with Crippen LogP contribution in [-0.2, 0) is 6.42 Å². The molecule has 0 radical (unpaired) electrons. The van der Waals surface area contributed by atoms with Gasteiger partial charge in [-0.25, -0.2) is 0 Å². The summed E-state index contributed by atoms with van der Waals surface area (Å²) >= 11 is 2.10. The molecular weight excluding hydrogens is 254 g/mol. The molecule has 2 aliphatic heterocycles. The summed E-state index contributed by atoms with van der Waals surface area (Å²) in [6.45, 7) is 4.28. The molecule has 0 saturated carbocycles. The second-order valence-electron chi connectivity index (χ2n) is 5.56. The van der Waals surface area contributed by atoms with E-state index in [-0.39, 0.29) is 0 Å². The maximum Gasteiger partial charge on any atom is 0.122 e. The summed E-state index contributed by atoms with van der Waals surface area (Å²) in [5.74, 6) is 4.64. The summed E-state index contributed by atoms with van der Waals surface area (Å²) in [4.78, 5) is 0. The lowest BCUT2D eigenvalue weighted by Gasteiger charge is -2.20. The second-order valence-corrected chi connectivity index (χ2v) is 6.71. The highest BCUT2D eigenvalue weighted by Crippen LogP contribution is 2.29. The second kappa shape index (κ2) is 6.19. The molecule has 0 spiro atoms. The van der Waals surface area contributed by atoms with E-state index in [0.717, 1.165) is 31.1 Å². The lowest BCUT2D eigenvalue weighted by atomic mass is 10.00. The Balaban J connectivity index is 1.64. The van der Waals surface area contributed by atoms with Crippen molar-refractivity contribution < 1.29 is 4.74 Å².